The largest absolute Gasteiger partial charge is 0.471 e. The normalized spacial score (nSPS) is 45.2. The Hall–Kier alpha value is -1.57. The molecule has 158 valence electrons. The lowest BCUT2D eigenvalue weighted by Gasteiger charge is -2.44. The van der Waals surface area contributed by atoms with E-state index < -0.39 is 73.6 Å². The molecule has 0 saturated carbocycles. The quantitative estimate of drug-likeness (QED) is 0.200. The molecule has 3 aliphatic rings. The first kappa shape index (κ1) is 21.1. The third-order valence-corrected chi connectivity index (χ3v) is 5.33. The number of carbonyl (C=O) groups is 1. The van der Waals surface area contributed by atoms with E-state index >= 15 is 0 Å². The molecule has 6 N–H and O–H groups in total. The fraction of sp³-hybridized carbons (Fsp3) is 0.706. The highest BCUT2D eigenvalue weighted by molar-refractivity contribution is 5.89. The molecule has 11 heteroatoms. The van der Waals surface area contributed by atoms with E-state index in [2.05, 4.69) is 0 Å². The summed E-state index contributed by atoms with van der Waals surface area (Å²) >= 11 is 0. The average Bonchev–Trinajstić information content (AvgIpc) is 3.06. The van der Waals surface area contributed by atoms with Gasteiger partial charge in [0.25, 0.3) is 0 Å². The van der Waals surface area contributed by atoms with Gasteiger partial charge in [-0.15, -0.1) is 0 Å². The highest BCUT2D eigenvalue weighted by atomic mass is 16.8. The monoisotopic (exact) mass is 404 g/mol. The summed E-state index contributed by atoms with van der Waals surface area (Å²) < 4.78 is 21.0. The van der Waals surface area contributed by atoms with Crippen LogP contribution in [-0.2, 0) is 23.7 Å². The average molecular weight is 404 g/mol. The number of allylic oxidation sites excluding steroid dienone is 1. The number of carbonyl (C=O) groups excluding carboxylic acids is 1. The van der Waals surface area contributed by atoms with E-state index in [9.17, 15) is 35.4 Å². The van der Waals surface area contributed by atoms with Crippen LogP contribution >= 0.6 is 0 Å². The summed E-state index contributed by atoms with van der Waals surface area (Å²) in [6.07, 6.45) is -4.99. The zero-order valence-electron chi connectivity index (χ0n) is 15.0. The molecule has 0 bridgehead atoms. The first-order chi connectivity index (χ1) is 13.3. The number of fused-ring (bicyclic) bond motifs is 1. The van der Waals surface area contributed by atoms with Crippen molar-refractivity contribution in [1.29, 1.82) is 0 Å². The number of aliphatic hydroxyl groups excluding tert-OH is 5. The molecular formula is C17H24O11. The van der Waals surface area contributed by atoms with Crippen molar-refractivity contribution < 1.29 is 54.4 Å². The van der Waals surface area contributed by atoms with Crippen molar-refractivity contribution in [2.24, 2.45) is 11.8 Å². The van der Waals surface area contributed by atoms with Crippen molar-refractivity contribution in [2.75, 3.05) is 20.3 Å². The van der Waals surface area contributed by atoms with Gasteiger partial charge in [0.05, 0.1) is 38.1 Å². The van der Waals surface area contributed by atoms with Crippen LogP contribution in [0.15, 0.2) is 24.0 Å². The van der Waals surface area contributed by atoms with Gasteiger partial charge in [-0.3, -0.25) is 0 Å². The third-order valence-electron chi connectivity index (χ3n) is 5.33. The number of methoxy groups -OCH3 is 1. The molecule has 2 heterocycles. The van der Waals surface area contributed by atoms with Gasteiger partial charge >= 0.3 is 5.97 Å². The maximum Gasteiger partial charge on any atom is 0.337 e. The van der Waals surface area contributed by atoms with Gasteiger partial charge in [-0.05, 0) is 0 Å². The SMILES string of the molecule is COC(=O)C1=COC(O[C@@H]2OC(CO)C(O)C(O)C2O)[C@H]2[C@@H]1C=C[C@]2(O)CO. The molecule has 0 spiro atoms. The maximum absolute atomic E-state index is 12.0. The second kappa shape index (κ2) is 8.05. The molecule has 28 heavy (non-hydrogen) atoms. The van der Waals surface area contributed by atoms with Crippen LogP contribution in [0.5, 0.6) is 0 Å². The fourth-order valence-corrected chi connectivity index (χ4v) is 3.71. The number of rotatable bonds is 5. The van der Waals surface area contributed by atoms with Crippen molar-refractivity contribution in [3.63, 3.8) is 0 Å². The Morgan fingerprint density at radius 3 is 2.50 bits per heavy atom. The molecule has 9 atom stereocenters. The number of aliphatic hydroxyl groups is 6. The second-order valence-electron chi connectivity index (χ2n) is 6.96. The summed E-state index contributed by atoms with van der Waals surface area (Å²) in [7, 11) is 1.19. The van der Waals surface area contributed by atoms with Gasteiger partial charge in [0, 0.05) is 5.92 Å². The molecule has 0 aromatic rings. The Morgan fingerprint density at radius 2 is 1.89 bits per heavy atom. The van der Waals surface area contributed by atoms with Crippen molar-refractivity contribution in [3.8, 4) is 0 Å². The van der Waals surface area contributed by atoms with Gasteiger partial charge in [-0.25, -0.2) is 4.79 Å². The number of hydrogen-bond acceptors (Lipinski definition) is 11. The Balaban J connectivity index is 1.85. The zero-order chi connectivity index (χ0) is 20.6. The number of esters is 1. The summed E-state index contributed by atoms with van der Waals surface area (Å²) in [4.78, 5) is 12.0. The fourth-order valence-electron chi connectivity index (χ4n) is 3.71. The molecule has 1 fully saturated rings. The predicted octanol–water partition coefficient (Wildman–Crippen LogP) is -3.26. The molecule has 0 radical (unpaired) electrons. The molecule has 0 amide bonds. The molecule has 3 rings (SSSR count). The van der Waals surface area contributed by atoms with E-state index in [0.717, 1.165) is 6.26 Å². The molecule has 1 aliphatic carbocycles. The van der Waals surface area contributed by atoms with E-state index in [4.69, 9.17) is 18.9 Å². The number of ether oxygens (including phenoxy) is 4. The first-order valence-electron chi connectivity index (χ1n) is 8.69. The highest BCUT2D eigenvalue weighted by Gasteiger charge is 2.55. The van der Waals surface area contributed by atoms with E-state index in [-0.39, 0.29) is 5.57 Å². The Labute approximate surface area is 160 Å². The second-order valence-corrected chi connectivity index (χ2v) is 6.96. The van der Waals surface area contributed by atoms with Crippen LogP contribution in [0.25, 0.3) is 0 Å². The Kier molecular flexibility index (Phi) is 6.08. The van der Waals surface area contributed by atoms with Crippen molar-refractivity contribution in [1.82, 2.24) is 0 Å². The number of hydrogen-bond donors (Lipinski definition) is 6. The molecule has 1 saturated heterocycles. The van der Waals surface area contributed by atoms with E-state index in [1.807, 2.05) is 0 Å². The van der Waals surface area contributed by atoms with Crippen LogP contribution in [0, 0.1) is 11.8 Å². The standard InChI is InChI=1S/C17H24O11/c1-25-14(23)8-5-26-15(10-7(8)2-3-17(10,24)6-19)28-16-13(22)12(21)11(20)9(4-18)27-16/h2-3,5,7,9-13,15-16,18-22,24H,4,6H2,1H3/t7-,9?,10-,11?,12?,13?,15?,16+,17+/m1/s1. The van der Waals surface area contributed by atoms with Gasteiger partial charge in [0.1, 0.15) is 30.0 Å². The molecular weight excluding hydrogens is 380 g/mol. The lowest BCUT2D eigenvalue weighted by atomic mass is 9.79. The molecule has 0 aromatic heterocycles. The van der Waals surface area contributed by atoms with Gasteiger partial charge < -0.3 is 49.6 Å². The summed E-state index contributed by atoms with van der Waals surface area (Å²) in [5.74, 6) is -2.40. The lowest BCUT2D eigenvalue weighted by Crippen LogP contribution is -2.61. The van der Waals surface area contributed by atoms with Crippen molar-refractivity contribution in [2.45, 2.75) is 42.6 Å². The predicted molar refractivity (Wildman–Crippen MR) is 88.0 cm³/mol. The van der Waals surface area contributed by atoms with Gasteiger partial charge in [0.2, 0.25) is 6.29 Å². The first-order valence-corrected chi connectivity index (χ1v) is 8.69. The molecule has 5 unspecified atom stereocenters. The van der Waals surface area contributed by atoms with Crippen LogP contribution in [0.2, 0.25) is 0 Å². The van der Waals surface area contributed by atoms with Gasteiger partial charge in [-0.2, -0.15) is 0 Å². The molecule has 0 aromatic carbocycles. The van der Waals surface area contributed by atoms with E-state index in [1.54, 1.807) is 0 Å². The van der Waals surface area contributed by atoms with Crippen molar-refractivity contribution >= 4 is 5.97 Å². The minimum absolute atomic E-state index is 0.0989. The van der Waals surface area contributed by atoms with Crippen LogP contribution in [0.3, 0.4) is 0 Å². The summed E-state index contributed by atoms with van der Waals surface area (Å²) in [5.41, 5.74) is -1.70. The molecule has 2 aliphatic heterocycles. The van der Waals surface area contributed by atoms with E-state index in [0.29, 0.717) is 0 Å². The van der Waals surface area contributed by atoms with Crippen LogP contribution in [0.1, 0.15) is 0 Å². The van der Waals surface area contributed by atoms with Crippen LogP contribution in [-0.4, -0.2) is 99.5 Å². The third kappa shape index (κ3) is 3.44. The summed E-state index contributed by atoms with van der Waals surface area (Å²) in [6.45, 7) is -1.34. The highest BCUT2D eigenvalue weighted by Crippen LogP contribution is 2.45. The Bertz CT molecular complexity index is 647. The Morgan fingerprint density at radius 1 is 1.18 bits per heavy atom. The topological polar surface area (TPSA) is 175 Å². The van der Waals surface area contributed by atoms with Crippen LogP contribution in [0.4, 0.5) is 0 Å². The minimum Gasteiger partial charge on any atom is -0.471 e. The van der Waals surface area contributed by atoms with Gasteiger partial charge in [0.15, 0.2) is 6.29 Å². The molecule has 11 nitrogen and oxygen atoms in total. The smallest absolute Gasteiger partial charge is 0.337 e. The van der Waals surface area contributed by atoms with Crippen LogP contribution < -0.4 is 0 Å². The van der Waals surface area contributed by atoms with Crippen molar-refractivity contribution in [3.05, 3.63) is 24.0 Å². The maximum atomic E-state index is 12.0. The zero-order valence-corrected chi connectivity index (χ0v) is 15.0. The lowest BCUT2D eigenvalue weighted by molar-refractivity contribution is -0.346. The minimum atomic E-state index is -1.79. The summed E-state index contributed by atoms with van der Waals surface area (Å²) in [6, 6.07) is 0. The van der Waals surface area contributed by atoms with Gasteiger partial charge in [-0.1, -0.05) is 12.2 Å². The van der Waals surface area contributed by atoms with E-state index in [1.165, 1.54) is 19.3 Å². The summed E-state index contributed by atoms with van der Waals surface area (Å²) in [5, 5.41) is 59.5.